The predicted octanol–water partition coefficient (Wildman–Crippen LogP) is 5.51. The Bertz CT molecular complexity index is 1670. The lowest BCUT2D eigenvalue weighted by Crippen LogP contribution is -2.37. The first-order valence-corrected chi connectivity index (χ1v) is 16.8. The maximum Gasteiger partial charge on any atom is 0.319 e. The molecule has 1 fully saturated rings. The molecular weight excluding hydrogens is 590 g/mol. The predicted molar refractivity (Wildman–Crippen MR) is 176 cm³/mol. The number of benzene rings is 2. The van der Waals surface area contributed by atoms with Crippen LogP contribution in [0.4, 0.5) is 16.2 Å². The summed E-state index contributed by atoms with van der Waals surface area (Å²) in [6.07, 6.45) is 4.80. The van der Waals surface area contributed by atoms with Crippen LogP contribution in [0.2, 0.25) is 0 Å². The van der Waals surface area contributed by atoms with Crippen LogP contribution < -0.4 is 20.1 Å². The molecule has 3 heterocycles. The molecule has 12 heteroatoms. The molecule has 45 heavy (non-hydrogen) atoms. The standard InChI is InChI=1S/C33H41N7O4S/c1-33(2,3)21-16-22(18-23(17-21)38-45(5)42)34-32(41)35-27-11-12-29(26-9-7-6-8-25(26)27)44-24-10-13-30-36-37-31(40(30)19-24)28-20-43-15-14-39(28)4/h6-10,13,16-19,27-29,38H,11-12,14-15,20H2,1-5H3,(H2,34,35,41)/t27?,28-,29+,45?/m0/s1. The van der Waals surface area contributed by atoms with Crippen molar-refractivity contribution in [1.29, 1.82) is 0 Å². The molecule has 2 aromatic carbocycles. The van der Waals surface area contributed by atoms with Gasteiger partial charge in [-0.2, -0.15) is 0 Å². The lowest BCUT2D eigenvalue weighted by atomic mass is 9.85. The summed E-state index contributed by atoms with van der Waals surface area (Å²) in [4.78, 5) is 15.5. The number of morpholine rings is 1. The number of urea groups is 1. The largest absolute Gasteiger partial charge is 0.593 e. The van der Waals surface area contributed by atoms with Crippen molar-refractivity contribution in [3.63, 3.8) is 0 Å². The second-order valence-electron chi connectivity index (χ2n) is 12.8. The summed E-state index contributed by atoms with van der Waals surface area (Å²) in [7, 11) is 2.07. The Morgan fingerprint density at radius 2 is 1.84 bits per heavy atom. The zero-order valence-electron chi connectivity index (χ0n) is 26.4. The van der Waals surface area contributed by atoms with Gasteiger partial charge >= 0.3 is 6.03 Å². The van der Waals surface area contributed by atoms with E-state index in [4.69, 9.17) is 9.47 Å². The molecule has 4 aromatic rings. The topological polar surface area (TPSA) is 128 Å². The number of nitrogens with one attached hydrogen (secondary N) is 3. The Morgan fingerprint density at radius 3 is 2.60 bits per heavy atom. The molecule has 6 rings (SSSR count). The van der Waals surface area contributed by atoms with Crippen molar-refractivity contribution in [3.8, 4) is 5.75 Å². The fourth-order valence-electron chi connectivity index (χ4n) is 6.01. The third kappa shape index (κ3) is 7.04. The molecule has 11 nitrogen and oxygen atoms in total. The first-order chi connectivity index (χ1) is 21.5. The SMILES string of the molecule is CN1CCOC[C@H]1c1nnc2ccc(O[C@@H]3CCC(NC(=O)Nc4cc(N[S+](C)[O-])cc(C(C)(C)C)c4)c4ccccc43)cn12. The molecule has 1 saturated heterocycles. The van der Waals surface area contributed by atoms with Crippen LogP contribution in [0.25, 0.3) is 5.65 Å². The van der Waals surface area contributed by atoms with E-state index in [0.717, 1.165) is 46.9 Å². The molecule has 1 aliphatic carbocycles. The summed E-state index contributed by atoms with van der Waals surface area (Å²) in [6.45, 7) is 8.42. The quantitative estimate of drug-likeness (QED) is 0.228. The number of rotatable bonds is 7. The van der Waals surface area contributed by atoms with E-state index in [1.165, 1.54) is 0 Å². The molecule has 2 aliphatic rings. The normalized spacial score (nSPS) is 21.2. The second kappa shape index (κ2) is 12.9. The van der Waals surface area contributed by atoms with Gasteiger partial charge in [0, 0.05) is 12.2 Å². The number of fused-ring (bicyclic) bond motifs is 2. The van der Waals surface area contributed by atoms with Crippen molar-refractivity contribution in [2.75, 3.05) is 43.1 Å². The van der Waals surface area contributed by atoms with Crippen LogP contribution in [-0.4, -0.2) is 63.1 Å². The van der Waals surface area contributed by atoms with E-state index in [1.54, 1.807) is 12.3 Å². The molecule has 2 amide bonds. The van der Waals surface area contributed by atoms with Gasteiger partial charge in [-0.25, -0.2) is 9.52 Å². The number of nitrogens with zero attached hydrogens (tertiary/aromatic N) is 4. The first-order valence-electron chi connectivity index (χ1n) is 15.3. The van der Waals surface area contributed by atoms with E-state index in [2.05, 4.69) is 70.4 Å². The van der Waals surface area contributed by atoms with Crippen molar-refractivity contribution in [1.82, 2.24) is 24.8 Å². The molecule has 4 atom stereocenters. The molecular formula is C33H41N7O4S. The van der Waals surface area contributed by atoms with Crippen LogP contribution in [0.15, 0.2) is 60.8 Å². The Kier molecular flexibility index (Phi) is 8.91. The van der Waals surface area contributed by atoms with Gasteiger partial charge in [-0.05, 0) is 72.3 Å². The third-order valence-electron chi connectivity index (χ3n) is 8.43. The Labute approximate surface area is 267 Å². The van der Waals surface area contributed by atoms with Crippen molar-refractivity contribution in [3.05, 3.63) is 83.3 Å². The number of hydrogen-bond donors (Lipinski definition) is 3. The highest BCUT2D eigenvalue weighted by molar-refractivity contribution is 7.92. The minimum Gasteiger partial charge on any atom is -0.593 e. The van der Waals surface area contributed by atoms with Gasteiger partial charge in [-0.15, -0.1) is 10.2 Å². The highest BCUT2D eigenvalue weighted by Crippen LogP contribution is 2.39. The maximum absolute atomic E-state index is 13.3. The maximum atomic E-state index is 13.3. The molecule has 238 valence electrons. The lowest BCUT2D eigenvalue weighted by Gasteiger charge is -2.32. The van der Waals surface area contributed by atoms with Gasteiger partial charge in [0.1, 0.15) is 18.1 Å². The van der Waals surface area contributed by atoms with Crippen molar-refractivity contribution in [2.24, 2.45) is 0 Å². The van der Waals surface area contributed by atoms with Gasteiger partial charge < -0.3 is 24.7 Å². The summed E-state index contributed by atoms with van der Waals surface area (Å²) in [5, 5.41) is 15.0. The van der Waals surface area contributed by atoms with E-state index in [-0.39, 0.29) is 29.6 Å². The highest BCUT2D eigenvalue weighted by atomic mass is 32.2. The fraction of sp³-hybridized carbons (Fsp3) is 0.424. The minimum absolute atomic E-state index is 0.0202. The van der Waals surface area contributed by atoms with E-state index in [0.29, 0.717) is 31.0 Å². The molecule has 2 aromatic heterocycles. The number of carbonyl (C=O) groups is 1. The van der Waals surface area contributed by atoms with Gasteiger partial charge in [0.05, 0.1) is 48.5 Å². The zero-order valence-corrected chi connectivity index (χ0v) is 27.2. The summed E-state index contributed by atoms with van der Waals surface area (Å²) < 4.78 is 29.1. The van der Waals surface area contributed by atoms with Crippen LogP contribution in [0.3, 0.4) is 0 Å². The smallest absolute Gasteiger partial charge is 0.319 e. The Balaban J connectivity index is 1.18. The van der Waals surface area contributed by atoms with Crippen LogP contribution in [0.5, 0.6) is 5.75 Å². The number of pyridine rings is 1. The minimum atomic E-state index is -1.24. The number of likely N-dealkylation sites (N-methyl/N-ethyl adjacent to an activating group) is 1. The molecule has 0 radical (unpaired) electrons. The Hall–Kier alpha value is -3.84. The first kappa shape index (κ1) is 31.2. The van der Waals surface area contributed by atoms with Crippen molar-refractivity contribution >= 4 is 34.4 Å². The highest BCUT2D eigenvalue weighted by Gasteiger charge is 2.30. The lowest BCUT2D eigenvalue weighted by molar-refractivity contribution is 0.00144. The molecule has 0 saturated carbocycles. The van der Waals surface area contributed by atoms with E-state index in [1.807, 2.05) is 47.0 Å². The van der Waals surface area contributed by atoms with E-state index >= 15 is 0 Å². The third-order valence-corrected chi connectivity index (χ3v) is 8.96. The van der Waals surface area contributed by atoms with Crippen LogP contribution in [-0.2, 0) is 21.5 Å². The number of anilines is 2. The average molecular weight is 632 g/mol. The zero-order chi connectivity index (χ0) is 31.7. The summed E-state index contributed by atoms with van der Waals surface area (Å²) >= 11 is -1.24. The second-order valence-corrected chi connectivity index (χ2v) is 13.9. The van der Waals surface area contributed by atoms with E-state index in [9.17, 15) is 9.35 Å². The van der Waals surface area contributed by atoms with Gasteiger partial charge in [-0.3, -0.25) is 9.30 Å². The van der Waals surface area contributed by atoms with Crippen molar-refractivity contribution < 1.29 is 18.8 Å². The number of ether oxygens (including phenoxy) is 2. The van der Waals surface area contributed by atoms with Crippen LogP contribution >= 0.6 is 0 Å². The van der Waals surface area contributed by atoms with Gasteiger partial charge in [-0.1, -0.05) is 45.0 Å². The van der Waals surface area contributed by atoms with Gasteiger partial charge in [0.15, 0.2) is 11.5 Å². The summed E-state index contributed by atoms with van der Waals surface area (Å²) in [5.74, 6) is 1.55. The Morgan fingerprint density at radius 1 is 1.07 bits per heavy atom. The van der Waals surface area contributed by atoms with Crippen LogP contribution in [0, 0.1) is 0 Å². The monoisotopic (exact) mass is 631 g/mol. The molecule has 2 unspecified atom stereocenters. The average Bonchev–Trinajstić information content (AvgIpc) is 3.41. The summed E-state index contributed by atoms with van der Waals surface area (Å²) in [6, 6.07) is 17.2. The molecule has 0 bridgehead atoms. The number of aromatic nitrogens is 3. The number of carbonyl (C=O) groups excluding carboxylic acids is 1. The molecule has 1 aliphatic heterocycles. The van der Waals surface area contributed by atoms with Crippen LogP contribution in [0.1, 0.15) is 74.3 Å². The van der Waals surface area contributed by atoms with Gasteiger partial charge in [0.25, 0.3) is 0 Å². The fourth-order valence-corrected chi connectivity index (χ4v) is 6.46. The van der Waals surface area contributed by atoms with Crippen molar-refractivity contribution in [2.45, 2.75) is 57.2 Å². The molecule has 3 N–H and O–H groups in total. The summed E-state index contributed by atoms with van der Waals surface area (Å²) in [5.41, 5.74) is 5.03. The number of amides is 2. The number of hydrogen-bond acceptors (Lipinski definition) is 8. The van der Waals surface area contributed by atoms with Gasteiger partial charge in [0.2, 0.25) is 0 Å². The van der Waals surface area contributed by atoms with E-state index < -0.39 is 11.4 Å². The molecule has 0 spiro atoms.